The van der Waals surface area contributed by atoms with Gasteiger partial charge in [-0.1, -0.05) is 31.9 Å². The Morgan fingerprint density at radius 1 is 1.45 bits per heavy atom. The van der Waals surface area contributed by atoms with Crippen LogP contribution < -0.4 is 11.1 Å². The number of rotatable bonds is 5. The molecule has 1 aromatic carbocycles. The van der Waals surface area contributed by atoms with Gasteiger partial charge in [-0.3, -0.25) is 4.79 Å². The fourth-order valence-electron chi connectivity index (χ4n) is 1.63. The van der Waals surface area contributed by atoms with Gasteiger partial charge in [-0.25, -0.2) is 4.79 Å². The monoisotopic (exact) mass is 298 g/mol. The minimum absolute atomic E-state index is 0.0453. The molecule has 20 heavy (non-hydrogen) atoms. The van der Waals surface area contributed by atoms with E-state index in [1.54, 1.807) is 12.1 Å². The van der Waals surface area contributed by atoms with E-state index in [0.717, 1.165) is 6.42 Å². The molecule has 0 aliphatic carbocycles. The van der Waals surface area contributed by atoms with E-state index in [1.807, 2.05) is 13.8 Å². The van der Waals surface area contributed by atoms with Gasteiger partial charge < -0.3 is 15.8 Å². The third kappa shape index (κ3) is 3.95. The average Bonchev–Trinajstić information content (AvgIpc) is 2.46. The molecule has 0 heterocycles. The number of esters is 1. The zero-order chi connectivity index (χ0) is 15.3. The van der Waals surface area contributed by atoms with E-state index >= 15 is 0 Å². The number of benzene rings is 1. The second-order valence-electron chi connectivity index (χ2n) is 4.58. The van der Waals surface area contributed by atoms with Gasteiger partial charge in [0.2, 0.25) is 5.91 Å². The SMILES string of the molecule is CC[C@H](C)[C@H](N)C(=O)Nc1ccc(Cl)cc1C(=O)OC. The molecule has 0 fully saturated rings. The molecule has 5 nitrogen and oxygen atoms in total. The van der Waals surface area contributed by atoms with Crippen molar-refractivity contribution in [3.8, 4) is 0 Å². The third-order valence-electron chi connectivity index (χ3n) is 3.20. The van der Waals surface area contributed by atoms with Crippen LogP contribution in [0.15, 0.2) is 18.2 Å². The maximum atomic E-state index is 12.0. The second-order valence-corrected chi connectivity index (χ2v) is 5.02. The zero-order valence-electron chi connectivity index (χ0n) is 11.8. The Labute approximate surface area is 123 Å². The summed E-state index contributed by atoms with van der Waals surface area (Å²) in [5, 5.41) is 3.03. The number of carbonyl (C=O) groups excluding carboxylic acids is 2. The van der Waals surface area contributed by atoms with Gasteiger partial charge in [-0.05, 0) is 24.1 Å². The van der Waals surface area contributed by atoms with Crippen LogP contribution in [0.1, 0.15) is 30.6 Å². The first kappa shape index (κ1) is 16.5. The van der Waals surface area contributed by atoms with Crippen LogP contribution in [0, 0.1) is 5.92 Å². The van der Waals surface area contributed by atoms with Crippen LogP contribution in [0.5, 0.6) is 0 Å². The third-order valence-corrected chi connectivity index (χ3v) is 3.44. The molecular formula is C14H19ClN2O3. The van der Waals surface area contributed by atoms with Crippen LogP contribution >= 0.6 is 11.6 Å². The second kappa shape index (κ2) is 7.26. The lowest BCUT2D eigenvalue weighted by Gasteiger charge is -2.18. The summed E-state index contributed by atoms with van der Waals surface area (Å²) >= 11 is 5.84. The van der Waals surface area contributed by atoms with E-state index < -0.39 is 12.0 Å². The fraction of sp³-hybridized carbons (Fsp3) is 0.429. The summed E-state index contributed by atoms with van der Waals surface area (Å²) in [5.74, 6) is -0.865. The summed E-state index contributed by atoms with van der Waals surface area (Å²) in [6.07, 6.45) is 0.791. The summed E-state index contributed by atoms with van der Waals surface area (Å²) in [7, 11) is 1.26. The van der Waals surface area contributed by atoms with Crippen LogP contribution in [0.3, 0.4) is 0 Å². The van der Waals surface area contributed by atoms with E-state index in [4.69, 9.17) is 17.3 Å². The first-order valence-corrected chi connectivity index (χ1v) is 6.72. The molecule has 0 saturated heterocycles. The Balaban J connectivity index is 2.97. The number of hydrogen-bond donors (Lipinski definition) is 2. The highest BCUT2D eigenvalue weighted by Gasteiger charge is 2.21. The van der Waals surface area contributed by atoms with Crippen LogP contribution in [-0.2, 0) is 9.53 Å². The molecule has 3 N–H and O–H groups in total. The molecule has 0 aromatic heterocycles. The first-order chi connectivity index (χ1) is 9.40. The molecule has 0 aliphatic rings. The predicted octanol–water partition coefficient (Wildman–Crippen LogP) is 2.44. The number of hydrogen-bond acceptors (Lipinski definition) is 4. The van der Waals surface area contributed by atoms with Crippen molar-refractivity contribution in [2.75, 3.05) is 12.4 Å². The van der Waals surface area contributed by atoms with Crippen LogP contribution in [0.25, 0.3) is 0 Å². The Hall–Kier alpha value is -1.59. The van der Waals surface area contributed by atoms with Gasteiger partial charge in [0.25, 0.3) is 0 Å². The minimum atomic E-state index is -0.638. The predicted molar refractivity (Wildman–Crippen MR) is 78.9 cm³/mol. The van der Waals surface area contributed by atoms with E-state index in [-0.39, 0.29) is 17.4 Å². The summed E-state index contributed by atoms with van der Waals surface area (Å²) in [5.41, 5.74) is 6.39. The number of nitrogens with one attached hydrogen (secondary N) is 1. The Morgan fingerprint density at radius 2 is 2.10 bits per heavy atom. The normalized spacial score (nSPS) is 13.4. The van der Waals surface area contributed by atoms with Crippen molar-refractivity contribution in [3.63, 3.8) is 0 Å². The topological polar surface area (TPSA) is 81.4 Å². The van der Waals surface area contributed by atoms with Gasteiger partial charge in [-0.15, -0.1) is 0 Å². The number of nitrogens with two attached hydrogens (primary N) is 1. The van der Waals surface area contributed by atoms with E-state index in [0.29, 0.717) is 10.7 Å². The van der Waals surface area contributed by atoms with Crippen molar-refractivity contribution in [1.82, 2.24) is 0 Å². The highest BCUT2D eigenvalue weighted by Crippen LogP contribution is 2.22. The molecule has 0 radical (unpaired) electrons. The van der Waals surface area contributed by atoms with Crippen LogP contribution in [0.4, 0.5) is 5.69 Å². The fourth-order valence-corrected chi connectivity index (χ4v) is 1.80. The largest absolute Gasteiger partial charge is 0.465 e. The van der Waals surface area contributed by atoms with Crippen LogP contribution in [0.2, 0.25) is 5.02 Å². The maximum Gasteiger partial charge on any atom is 0.340 e. The van der Waals surface area contributed by atoms with Gasteiger partial charge in [-0.2, -0.15) is 0 Å². The number of halogens is 1. The Morgan fingerprint density at radius 3 is 2.65 bits per heavy atom. The van der Waals surface area contributed by atoms with Crippen LogP contribution in [-0.4, -0.2) is 25.0 Å². The molecule has 1 amide bonds. The lowest BCUT2D eigenvalue weighted by atomic mass is 9.99. The minimum Gasteiger partial charge on any atom is -0.465 e. The Bertz CT molecular complexity index is 505. The lowest BCUT2D eigenvalue weighted by molar-refractivity contribution is -0.118. The van der Waals surface area contributed by atoms with Crippen molar-refractivity contribution in [1.29, 1.82) is 0 Å². The van der Waals surface area contributed by atoms with Crippen molar-refractivity contribution < 1.29 is 14.3 Å². The summed E-state index contributed by atoms with van der Waals surface area (Å²) < 4.78 is 4.66. The summed E-state index contributed by atoms with van der Waals surface area (Å²) in [4.78, 5) is 23.7. The van der Waals surface area contributed by atoms with Gasteiger partial charge in [0, 0.05) is 5.02 Å². The number of carbonyl (C=O) groups is 2. The number of anilines is 1. The van der Waals surface area contributed by atoms with E-state index in [1.165, 1.54) is 13.2 Å². The highest BCUT2D eigenvalue weighted by atomic mass is 35.5. The van der Waals surface area contributed by atoms with Gasteiger partial charge >= 0.3 is 5.97 Å². The molecule has 2 atom stereocenters. The number of amides is 1. The number of methoxy groups -OCH3 is 1. The van der Waals surface area contributed by atoms with Crippen molar-refractivity contribution in [2.24, 2.45) is 11.7 Å². The summed E-state index contributed by atoms with van der Waals surface area (Å²) in [6.45, 7) is 3.85. The van der Waals surface area contributed by atoms with Gasteiger partial charge in [0.1, 0.15) is 0 Å². The van der Waals surface area contributed by atoms with Crippen molar-refractivity contribution in [3.05, 3.63) is 28.8 Å². The molecule has 1 aromatic rings. The molecule has 0 aliphatic heterocycles. The standard InChI is InChI=1S/C14H19ClN2O3/c1-4-8(2)12(16)13(18)17-11-6-5-9(15)7-10(11)14(19)20-3/h5-8,12H,4,16H2,1-3H3,(H,17,18)/t8-,12-/m0/s1. The molecule has 6 heteroatoms. The van der Waals surface area contributed by atoms with Crippen molar-refractivity contribution in [2.45, 2.75) is 26.3 Å². The van der Waals surface area contributed by atoms with E-state index in [9.17, 15) is 9.59 Å². The molecule has 0 saturated carbocycles. The highest BCUT2D eigenvalue weighted by molar-refractivity contribution is 6.31. The molecule has 110 valence electrons. The first-order valence-electron chi connectivity index (χ1n) is 6.35. The van der Waals surface area contributed by atoms with Gasteiger partial charge in [0.05, 0.1) is 24.4 Å². The molecule has 1 rings (SSSR count). The smallest absolute Gasteiger partial charge is 0.340 e. The maximum absolute atomic E-state index is 12.0. The van der Waals surface area contributed by atoms with Crippen molar-refractivity contribution >= 4 is 29.2 Å². The molecule has 0 spiro atoms. The molecule has 0 bridgehead atoms. The summed E-state index contributed by atoms with van der Waals surface area (Å²) in [6, 6.07) is 3.94. The number of ether oxygens (including phenoxy) is 1. The molecular weight excluding hydrogens is 280 g/mol. The lowest BCUT2D eigenvalue weighted by Crippen LogP contribution is -2.40. The Kier molecular flexibility index (Phi) is 5.98. The zero-order valence-corrected chi connectivity index (χ0v) is 12.5. The van der Waals surface area contributed by atoms with E-state index in [2.05, 4.69) is 10.1 Å². The van der Waals surface area contributed by atoms with Gasteiger partial charge in [0.15, 0.2) is 0 Å². The molecule has 0 unspecified atom stereocenters. The quantitative estimate of drug-likeness (QED) is 0.818. The average molecular weight is 299 g/mol.